The highest BCUT2D eigenvalue weighted by atomic mass is 19.1. The van der Waals surface area contributed by atoms with E-state index in [1.54, 1.807) is 31.2 Å². The van der Waals surface area contributed by atoms with Crippen molar-refractivity contribution in [3.63, 3.8) is 0 Å². The number of hydrogen-bond acceptors (Lipinski definition) is 6. The van der Waals surface area contributed by atoms with Gasteiger partial charge in [-0.15, -0.1) is 0 Å². The Morgan fingerprint density at radius 3 is 2.75 bits per heavy atom. The highest BCUT2D eigenvalue weighted by Gasteiger charge is 2.28. The summed E-state index contributed by atoms with van der Waals surface area (Å²) in [6, 6.07) is 11.0. The van der Waals surface area contributed by atoms with Crippen LogP contribution in [-0.4, -0.2) is 26.0 Å². The van der Waals surface area contributed by atoms with Gasteiger partial charge in [-0.3, -0.25) is 4.79 Å². The summed E-state index contributed by atoms with van der Waals surface area (Å²) in [7, 11) is 0. The van der Waals surface area contributed by atoms with E-state index in [9.17, 15) is 14.3 Å². The molecule has 1 unspecified atom stereocenters. The minimum absolute atomic E-state index is 0.00749. The van der Waals surface area contributed by atoms with Crippen LogP contribution >= 0.6 is 0 Å². The summed E-state index contributed by atoms with van der Waals surface area (Å²) in [5, 5.41) is 11.0. The molecule has 2 aromatic heterocycles. The van der Waals surface area contributed by atoms with Gasteiger partial charge in [-0.2, -0.15) is 0 Å². The molecule has 4 rings (SSSR count). The van der Waals surface area contributed by atoms with Gasteiger partial charge >= 0.3 is 0 Å². The van der Waals surface area contributed by atoms with Crippen LogP contribution in [0.3, 0.4) is 0 Å². The number of fused-ring (bicyclic) bond motifs is 1. The Kier molecular flexibility index (Phi) is 5.26. The van der Waals surface area contributed by atoms with Crippen LogP contribution in [0.25, 0.3) is 22.3 Å². The molecular weight excluding hydrogens is 411 g/mol. The fraction of sp³-hybridized carbons (Fsp3) is 0.0833. The molecule has 0 saturated heterocycles. The van der Waals surface area contributed by atoms with Crippen LogP contribution in [0.5, 0.6) is 0 Å². The lowest BCUT2D eigenvalue weighted by Gasteiger charge is -2.12. The number of aromatic nitrogens is 3. The normalized spacial score (nSPS) is 12.6. The Balaban J connectivity index is 1.79. The number of benzene rings is 2. The van der Waals surface area contributed by atoms with E-state index in [0.29, 0.717) is 16.9 Å². The number of oxazole rings is 1. The Morgan fingerprint density at radius 1 is 1.28 bits per heavy atom. The number of rotatable bonds is 4. The van der Waals surface area contributed by atoms with Crippen LogP contribution < -0.4 is 5.73 Å². The summed E-state index contributed by atoms with van der Waals surface area (Å²) >= 11 is 0. The van der Waals surface area contributed by atoms with Gasteiger partial charge in [0, 0.05) is 16.5 Å². The lowest BCUT2D eigenvalue weighted by molar-refractivity contribution is 0.0997. The molecule has 2 aromatic carbocycles. The van der Waals surface area contributed by atoms with E-state index >= 15 is 0 Å². The molecule has 4 aromatic rings. The SMILES string of the molecule is C=CC(O)(C#Cc1cccc(-c2nc(C(N)=O)c3cccc(F)c3n2)c1)c1ncc(C)o1. The van der Waals surface area contributed by atoms with Gasteiger partial charge in [0.05, 0.1) is 6.20 Å². The average Bonchev–Trinajstić information content (AvgIpc) is 3.24. The van der Waals surface area contributed by atoms with E-state index in [1.807, 2.05) is 0 Å². The van der Waals surface area contributed by atoms with Gasteiger partial charge in [0.25, 0.3) is 5.91 Å². The Hall–Kier alpha value is -4.35. The van der Waals surface area contributed by atoms with Crippen molar-refractivity contribution in [2.24, 2.45) is 5.73 Å². The highest BCUT2D eigenvalue weighted by molar-refractivity contribution is 6.04. The van der Waals surface area contributed by atoms with Crippen molar-refractivity contribution in [3.05, 3.63) is 90.0 Å². The number of carbonyl (C=O) groups excluding carboxylic acids is 1. The molecular formula is C24H17FN4O3. The van der Waals surface area contributed by atoms with Crippen molar-refractivity contribution in [1.29, 1.82) is 0 Å². The molecule has 158 valence electrons. The van der Waals surface area contributed by atoms with Gasteiger partial charge in [-0.05, 0) is 37.1 Å². The van der Waals surface area contributed by atoms with Crippen LogP contribution in [0.1, 0.15) is 27.7 Å². The van der Waals surface area contributed by atoms with Crippen LogP contribution in [0.4, 0.5) is 4.39 Å². The second kappa shape index (κ2) is 8.06. The van der Waals surface area contributed by atoms with Gasteiger partial charge in [-0.1, -0.05) is 36.8 Å². The molecule has 0 saturated carbocycles. The molecule has 7 nitrogen and oxygen atoms in total. The molecule has 32 heavy (non-hydrogen) atoms. The molecule has 3 N–H and O–H groups in total. The Bertz CT molecular complexity index is 1430. The fourth-order valence-electron chi connectivity index (χ4n) is 3.06. The summed E-state index contributed by atoms with van der Waals surface area (Å²) < 4.78 is 19.7. The first-order valence-electron chi connectivity index (χ1n) is 9.49. The maximum atomic E-state index is 14.3. The van der Waals surface area contributed by atoms with Crippen molar-refractivity contribution in [2.75, 3.05) is 0 Å². The van der Waals surface area contributed by atoms with Gasteiger partial charge in [0.2, 0.25) is 11.5 Å². The maximum Gasteiger partial charge on any atom is 0.268 e. The number of halogens is 1. The van der Waals surface area contributed by atoms with Crippen molar-refractivity contribution in [2.45, 2.75) is 12.5 Å². The van der Waals surface area contributed by atoms with Gasteiger partial charge in [0.15, 0.2) is 5.82 Å². The van der Waals surface area contributed by atoms with Crippen molar-refractivity contribution >= 4 is 16.8 Å². The molecule has 8 heteroatoms. The number of primary amides is 1. The van der Waals surface area contributed by atoms with Crippen LogP contribution in [0, 0.1) is 24.6 Å². The first-order chi connectivity index (χ1) is 15.3. The second-order valence-corrected chi connectivity index (χ2v) is 6.97. The van der Waals surface area contributed by atoms with Crippen molar-refractivity contribution in [1.82, 2.24) is 15.0 Å². The van der Waals surface area contributed by atoms with E-state index in [-0.39, 0.29) is 28.3 Å². The zero-order chi connectivity index (χ0) is 22.9. The lowest BCUT2D eigenvalue weighted by Crippen LogP contribution is -2.20. The second-order valence-electron chi connectivity index (χ2n) is 6.97. The summed E-state index contributed by atoms with van der Waals surface area (Å²) in [4.78, 5) is 24.4. The third kappa shape index (κ3) is 3.85. The van der Waals surface area contributed by atoms with E-state index in [1.165, 1.54) is 30.5 Å². The Labute approximate surface area is 182 Å². The topological polar surface area (TPSA) is 115 Å². The van der Waals surface area contributed by atoms with Crippen molar-refractivity contribution < 1.29 is 18.7 Å². The quantitative estimate of drug-likeness (QED) is 0.381. The molecule has 0 fully saturated rings. The van der Waals surface area contributed by atoms with Crippen LogP contribution in [0.15, 0.2) is 65.7 Å². The number of carbonyl (C=O) groups is 1. The van der Waals surface area contributed by atoms with Crippen LogP contribution in [-0.2, 0) is 5.60 Å². The number of nitrogens with two attached hydrogens (primary N) is 1. The molecule has 0 aliphatic carbocycles. The lowest BCUT2D eigenvalue weighted by atomic mass is 10.0. The van der Waals surface area contributed by atoms with Gasteiger partial charge in [-0.25, -0.2) is 19.3 Å². The number of amides is 1. The fourth-order valence-corrected chi connectivity index (χ4v) is 3.06. The average molecular weight is 428 g/mol. The number of hydrogen-bond donors (Lipinski definition) is 2. The molecule has 1 atom stereocenters. The third-order valence-corrected chi connectivity index (χ3v) is 4.67. The maximum absolute atomic E-state index is 14.3. The molecule has 0 spiro atoms. The number of para-hydroxylation sites is 1. The molecule has 1 amide bonds. The summed E-state index contributed by atoms with van der Waals surface area (Å²) in [6.07, 6.45) is 2.70. The highest BCUT2D eigenvalue weighted by Crippen LogP contribution is 2.25. The monoisotopic (exact) mass is 428 g/mol. The molecule has 0 aliphatic rings. The molecule has 0 bridgehead atoms. The number of aryl methyl sites for hydroxylation is 1. The third-order valence-electron chi connectivity index (χ3n) is 4.67. The number of aliphatic hydroxyl groups is 1. The van der Waals surface area contributed by atoms with Crippen LogP contribution in [0.2, 0.25) is 0 Å². The first-order valence-corrected chi connectivity index (χ1v) is 9.49. The summed E-state index contributed by atoms with van der Waals surface area (Å²) in [5.74, 6) is 4.80. The minimum Gasteiger partial charge on any atom is -0.442 e. The van der Waals surface area contributed by atoms with E-state index in [4.69, 9.17) is 10.2 Å². The van der Waals surface area contributed by atoms with E-state index in [2.05, 4.69) is 33.4 Å². The summed E-state index contributed by atoms with van der Waals surface area (Å²) in [6.45, 7) is 5.31. The largest absolute Gasteiger partial charge is 0.442 e. The van der Waals surface area contributed by atoms with E-state index in [0.717, 1.165) is 0 Å². The zero-order valence-corrected chi connectivity index (χ0v) is 17.0. The number of nitrogens with zero attached hydrogens (tertiary/aromatic N) is 3. The summed E-state index contributed by atoms with van der Waals surface area (Å²) in [5.41, 5.74) is 4.56. The molecule has 2 heterocycles. The minimum atomic E-state index is -1.79. The first kappa shape index (κ1) is 20.9. The predicted octanol–water partition coefficient (Wildman–Crippen LogP) is 3.26. The predicted molar refractivity (Wildman–Crippen MR) is 116 cm³/mol. The zero-order valence-electron chi connectivity index (χ0n) is 17.0. The van der Waals surface area contributed by atoms with Crippen molar-refractivity contribution in [3.8, 4) is 23.2 Å². The standard InChI is InChI=1S/C24H17FN4O3/c1-3-24(31,23-27-13-14(2)32-23)11-10-15-6-4-7-16(12-15)22-28-19-17(8-5-9-18(19)25)20(29-22)21(26)30/h3-9,12-13,31H,1H2,2H3,(H2,26,30). The molecule has 0 aliphatic heterocycles. The smallest absolute Gasteiger partial charge is 0.268 e. The molecule has 0 radical (unpaired) electrons. The van der Waals surface area contributed by atoms with Gasteiger partial charge in [0.1, 0.15) is 22.8 Å². The van der Waals surface area contributed by atoms with Gasteiger partial charge < -0.3 is 15.3 Å². The Morgan fingerprint density at radius 2 is 2.06 bits per heavy atom. The van der Waals surface area contributed by atoms with E-state index < -0.39 is 17.3 Å².